The first-order valence-electron chi connectivity index (χ1n) is 7.00. The van der Waals surface area contributed by atoms with Crippen LogP contribution in [-0.4, -0.2) is 24.5 Å². The molecule has 2 aliphatic heterocycles. The van der Waals surface area contributed by atoms with Gasteiger partial charge in [0.2, 0.25) is 0 Å². The second kappa shape index (κ2) is 5.09. The molecule has 2 aliphatic rings. The van der Waals surface area contributed by atoms with Crippen molar-refractivity contribution in [3.05, 3.63) is 29.3 Å². The fourth-order valence-electron chi connectivity index (χ4n) is 3.00. The molecule has 0 atom stereocenters. The topological polar surface area (TPSA) is 15.3 Å². The molecule has 0 radical (unpaired) electrons. The molecule has 0 spiro atoms. The molecule has 2 heteroatoms. The predicted molar refractivity (Wildman–Crippen MR) is 72.4 cm³/mol. The van der Waals surface area contributed by atoms with Crippen LogP contribution in [0.2, 0.25) is 0 Å². The molecule has 92 valence electrons. The fourth-order valence-corrected chi connectivity index (χ4v) is 3.00. The zero-order chi connectivity index (χ0) is 11.5. The molecule has 17 heavy (non-hydrogen) atoms. The molecule has 1 saturated heterocycles. The maximum absolute atomic E-state index is 3.48. The second-order valence-electron chi connectivity index (χ2n) is 5.36. The van der Waals surface area contributed by atoms with Gasteiger partial charge in [-0.3, -0.25) is 4.90 Å². The van der Waals surface area contributed by atoms with Gasteiger partial charge in [0.15, 0.2) is 0 Å². The summed E-state index contributed by atoms with van der Waals surface area (Å²) in [4.78, 5) is 2.60. The third-order valence-corrected chi connectivity index (χ3v) is 3.96. The lowest BCUT2D eigenvalue weighted by Gasteiger charge is -2.27. The Kier molecular flexibility index (Phi) is 3.32. The van der Waals surface area contributed by atoms with E-state index >= 15 is 0 Å². The van der Waals surface area contributed by atoms with Crippen LogP contribution in [0.1, 0.15) is 36.8 Å². The largest absolute Gasteiger partial charge is 0.385 e. The Labute approximate surface area is 104 Å². The molecular weight excluding hydrogens is 208 g/mol. The molecule has 0 unspecified atom stereocenters. The molecule has 3 rings (SSSR count). The standard InChI is InChI=1S/C15H22N2/c1-2-9-17(10-3-1)12-13-6-7-15-14(11-13)5-4-8-16-15/h6-7,11,16H,1-5,8-10,12H2. The Morgan fingerprint density at radius 3 is 2.82 bits per heavy atom. The van der Waals surface area contributed by atoms with Crippen LogP contribution in [0.3, 0.4) is 0 Å². The maximum atomic E-state index is 3.48. The molecule has 0 aliphatic carbocycles. The summed E-state index contributed by atoms with van der Waals surface area (Å²) in [7, 11) is 0. The first kappa shape index (κ1) is 11.1. The van der Waals surface area contributed by atoms with Crippen LogP contribution in [0.15, 0.2) is 18.2 Å². The third kappa shape index (κ3) is 2.63. The average molecular weight is 230 g/mol. The van der Waals surface area contributed by atoms with Gasteiger partial charge >= 0.3 is 0 Å². The predicted octanol–water partition coefficient (Wildman–Crippen LogP) is 3.03. The Morgan fingerprint density at radius 1 is 1.06 bits per heavy atom. The van der Waals surface area contributed by atoms with Crippen molar-refractivity contribution in [3.8, 4) is 0 Å². The number of nitrogens with one attached hydrogen (secondary N) is 1. The lowest BCUT2D eigenvalue weighted by atomic mass is 10.00. The smallest absolute Gasteiger partial charge is 0.0372 e. The average Bonchev–Trinajstić information content (AvgIpc) is 2.40. The number of hydrogen-bond donors (Lipinski definition) is 1. The lowest BCUT2D eigenvalue weighted by Crippen LogP contribution is -2.29. The molecule has 2 nitrogen and oxygen atoms in total. The minimum Gasteiger partial charge on any atom is -0.385 e. The molecule has 1 aromatic carbocycles. The number of fused-ring (bicyclic) bond motifs is 1. The van der Waals surface area contributed by atoms with E-state index in [4.69, 9.17) is 0 Å². The molecule has 0 saturated carbocycles. The fraction of sp³-hybridized carbons (Fsp3) is 0.600. The number of likely N-dealkylation sites (tertiary alicyclic amines) is 1. The zero-order valence-electron chi connectivity index (χ0n) is 10.5. The minimum atomic E-state index is 1.14. The highest BCUT2D eigenvalue weighted by Crippen LogP contribution is 2.24. The van der Waals surface area contributed by atoms with Crippen LogP contribution in [0.5, 0.6) is 0 Å². The lowest BCUT2D eigenvalue weighted by molar-refractivity contribution is 0.221. The van der Waals surface area contributed by atoms with E-state index in [0.717, 1.165) is 13.1 Å². The van der Waals surface area contributed by atoms with Crippen molar-refractivity contribution in [2.45, 2.75) is 38.6 Å². The number of benzene rings is 1. The van der Waals surface area contributed by atoms with E-state index in [1.165, 1.54) is 62.0 Å². The summed E-state index contributed by atoms with van der Waals surface area (Å²) in [5, 5.41) is 3.48. The van der Waals surface area contributed by atoms with Crippen LogP contribution in [-0.2, 0) is 13.0 Å². The number of piperidine rings is 1. The first-order valence-corrected chi connectivity index (χ1v) is 7.00. The van der Waals surface area contributed by atoms with Crippen LogP contribution in [0, 0.1) is 0 Å². The third-order valence-electron chi connectivity index (χ3n) is 3.96. The monoisotopic (exact) mass is 230 g/mol. The highest BCUT2D eigenvalue weighted by atomic mass is 15.1. The number of anilines is 1. The minimum absolute atomic E-state index is 1.14. The van der Waals surface area contributed by atoms with Gasteiger partial charge in [-0.15, -0.1) is 0 Å². The van der Waals surface area contributed by atoms with E-state index < -0.39 is 0 Å². The number of rotatable bonds is 2. The van der Waals surface area contributed by atoms with E-state index in [0.29, 0.717) is 0 Å². The SMILES string of the molecule is c1cc2c(cc1CN1CCCCC1)CCCN2. The second-order valence-corrected chi connectivity index (χ2v) is 5.36. The van der Waals surface area contributed by atoms with Gasteiger partial charge in [0.25, 0.3) is 0 Å². The van der Waals surface area contributed by atoms with Crippen molar-refractivity contribution in [3.63, 3.8) is 0 Å². The van der Waals surface area contributed by atoms with E-state index in [1.807, 2.05) is 0 Å². The van der Waals surface area contributed by atoms with Crippen LogP contribution in [0.4, 0.5) is 5.69 Å². The van der Waals surface area contributed by atoms with E-state index in [2.05, 4.69) is 28.4 Å². The van der Waals surface area contributed by atoms with Gasteiger partial charge in [0.05, 0.1) is 0 Å². The Morgan fingerprint density at radius 2 is 1.94 bits per heavy atom. The number of aryl methyl sites for hydroxylation is 1. The summed E-state index contributed by atoms with van der Waals surface area (Å²) in [6.07, 6.45) is 6.71. The van der Waals surface area contributed by atoms with Crippen molar-refractivity contribution in [2.24, 2.45) is 0 Å². The number of nitrogens with zero attached hydrogens (tertiary/aromatic N) is 1. The highest BCUT2D eigenvalue weighted by Gasteiger charge is 2.12. The first-order chi connectivity index (χ1) is 8.42. The molecule has 0 bridgehead atoms. The summed E-state index contributed by atoms with van der Waals surface area (Å²) < 4.78 is 0. The van der Waals surface area contributed by atoms with Crippen molar-refractivity contribution in [1.82, 2.24) is 4.90 Å². The molecule has 2 heterocycles. The molecule has 0 amide bonds. The Hall–Kier alpha value is -1.02. The van der Waals surface area contributed by atoms with Crippen LogP contribution < -0.4 is 5.32 Å². The molecule has 0 aromatic heterocycles. The van der Waals surface area contributed by atoms with E-state index in [9.17, 15) is 0 Å². The maximum Gasteiger partial charge on any atom is 0.0372 e. The van der Waals surface area contributed by atoms with Gasteiger partial charge in [-0.25, -0.2) is 0 Å². The summed E-state index contributed by atoms with van der Waals surface area (Å²) in [6, 6.07) is 6.98. The summed E-state index contributed by atoms with van der Waals surface area (Å²) in [5.41, 5.74) is 4.37. The molecular formula is C15H22N2. The summed E-state index contributed by atoms with van der Waals surface area (Å²) >= 11 is 0. The van der Waals surface area contributed by atoms with Crippen molar-refractivity contribution < 1.29 is 0 Å². The van der Waals surface area contributed by atoms with Gasteiger partial charge in [-0.05, 0) is 56.0 Å². The molecule has 1 N–H and O–H groups in total. The van der Waals surface area contributed by atoms with Gasteiger partial charge in [-0.1, -0.05) is 18.6 Å². The normalized spacial score (nSPS) is 20.7. The zero-order valence-corrected chi connectivity index (χ0v) is 10.5. The summed E-state index contributed by atoms with van der Waals surface area (Å²) in [5.74, 6) is 0. The van der Waals surface area contributed by atoms with Gasteiger partial charge < -0.3 is 5.32 Å². The quantitative estimate of drug-likeness (QED) is 0.840. The van der Waals surface area contributed by atoms with Gasteiger partial charge in [-0.2, -0.15) is 0 Å². The Bertz CT molecular complexity index is 381. The number of hydrogen-bond acceptors (Lipinski definition) is 2. The van der Waals surface area contributed by atoms with Crippen LogP contribution in [0.25, 0.3) is 0 Å². The van der Waals surface area contributed by atoms with Crippen molar-refractivity contribution in [1.29, 1.82) is 0 Å². The van der Waals surface area contributed by atoms with Crippen molar-refractivity contribution in [2.75, 3.05) is 25.0 Å². The van der Waals surface area contributed by atoms with Gasteiger partial charge in [0, 0.05) is 18.8 Å². The molecule has 1 fully saturated rings. The van der Waals surface area contributed by atoms with E-state index in [1.54, 1.807) is 0 Å². The van der Waals surface area contributed by atoms with Gasteiger partial charge in [0.1, 0.15) is 0 Å². The van der Waals surface area contributed by atoms with E-state index in [-0.39, 0.29) is 0 Å². The Balaban J connectivity index is 1.70. The van der Waals surface area contributed by atoms with Crippen LogP contribution >= 0.6 is 0 Å². The molecule has 1 aromatic rings. The summed E-state index contributed by atoms with van der Waals surface area (Å²) in [6.45, 7) is 4.86. The highest BCUT2D eigenvalue weighted by molar-refractivity contribution is 5.54. The van der Waals surface area contributed by atoms with Crippen molar-refractivity contribution >= 4 is 5.69 Å².